The number of imidazole rings is 1. The van der Waals surface area contributed by atoms with Crippen LogP contribution in [0.4, 0.5) is 0 Å². The van der Waals surface area contributed by atoms with Crippen LogP contribution in [0.25, 0.3) is 5.69 Å². The van der Waals surface area contributed by atoms with E-state index in [2.05, 4.69) is 5.32 Å². The minimum atomic E-state index is -0.871. The molecular formula is C21H29ClN4O3. The molecule has 1 aliphatic rings. The number of aryl methyl sites for hydroxylation is 1. The van der Waals surface area contributed by atoms with E-state index in [0.29, 0.717) is 36.6 Å². The third-order valence-electron chi connectivity index (χ3n) is 5.62. The first-order chi connectivity index (χ1) is 13.8. The van der Waals surface area contributed by atoms with E-state index in [0.717, 1.165) is 31.4 Å². The summed E-state index contributed by atoms with van der Waals surface area (Å²) < 4.78 is 3.08. The number of halogens is 1. The molecule has 0 bridgehead atoms. The molecule has 1 saturated carbocycles. The Labute approximate surface area is 175 Å². The molecule has 29 heavy (non-hydrogen) atoms. The second-order valence-electron chi connectivity index (χ2n) is 7.85. The van der Waals surface area contributed by atoms with Gasteiger partial charge in [-0.2, -0.15) is 0 Å². The lowest BCUT2D eigenvalue weighted by Gasteiger charge is -2.26. The van der Waals surface area contributed by atoms with Crippen molar-refractivity contribution in [3.8, 4) is 5.69 Å². The first kappa shape index (κ1) is 21.6. The first-order valence-corrected chi connectivity index (χ1v) is 10.5. The maximum absolute atomic E-state index is 12.8. The van der Waals surface area contributed by atoms with Crippen molar-refractivity contribution >= 4 is 17.5 Å². The molecule has 1 heterocycles. The lowest BCUT2D eigenvalue weighted by atomic mass is 9.94. The molecule has 4 N–H and O–H groups in total. The van der Waals surface area contributed by atoms with Crippen LogP contribution in [0, 0.1) is 6.92 Å². The predicted molar refractivity (Wildman–Crippen MR) is 114 cm³/mol. The number of carbonyl (C=O) groups excluding carboxylic acids is 1. The van der Waals surface area contributed by atoms with Crippen LogP contribution in [0.5, 0.6) is 0 Å². The van der Waals surface area contributed by atoms with E-state index in [4.69, 9.17) is 17.3 Å². The largest absolute Gasteiger partial charge is 0.388 e. The van der Waals surface area contributed by atoms with Gasteiger partial charge in [0.2, 0.25) is 0 Å². The van der Waals surface area contributed by atoms with Crippen molar-refractivity contribution in [3.63, 3.8) is 0 Å². The molecule has 7 nitrogen and oxygen atoms in total. The molecule has 0 radical (unpaired) electrons. The summed E-state index contributed by atoms with van der Waals surface area (Å²) in [5.74, 6) is -0.360. The minimum Gasteiger partial charge on any atom is -0.388 e. The van der Waals surface area contributed by atoms with Gasteiger partial charge in [0.15, 0.2) is 0 Å². The maximum Gasteiger partial charge on any atom is 0.332 e. The highest BCUT2D eigenvalue weighted by Gasteiger charge is 2.28. The summed E-state index contributed by atoms with van der Waals surface area (Å²) in [5.41, 5.74) is 6.12. The number of hydrogen-bond donors (Lipinski definition) is 3. The van der Waals surface area contributed by atoms with E-state index in [-0.39, 0.29) is 23.7 Å². The molecule has 158 valence electrons. The van der Waals surface area contributed by atoms with Gasteiger partial charge in [-0.25, -0.2) is 4.79 Å². The standard InChI is InChI=1S/C21H29ClN4O3/c1-15-13-26(20(28)25(15)11-10-23)16-6-7-18(22)17(12-16)19(27)24-14-21(29)8-4-2-3-5-9-21/h6-7,12-13,29H,2-5,8-11,14,23H2,1H3,(H,24,27). The fraction of sp³-hybridized carbons (Fsp3) is 0.524. The zero-order chi connectivity index (χ0) is 21.0. The van der Waals surface area contributed by atoms with E-state index in [9.17, 15) is 14.7 Å². The predicted octanol–water partition coefficient (Wildman–Crippen LogP) is 2.37. The summed E-state index contributed by atoms with van der Waals surface area (Å²) in [5, 5.41) is 13.9. The Hall–Kier alpha value is -2.09. The molecule has 1 fully saturated rings. The molecule has 1 aromatic heterocycles. The molecule has 1 aliphatic carbocycles. The zero-order valence-corrected chi connectivity index (χ0v) is 17.5. The molecule has 1 amide bonds. The van der Waals surface area contributed by atoms with Gasteiger partial charge in [0, 0.05) is 31.5 Å². The van der Waals surface area contributed by atoms with Gasteiger partial charge < -0.3 is 16.2 Å². The van der Waals surface area contributed by atoms with E-state index in [1.54, 1.807) is 29.0 Å². The van der Waals surface area contributed by atoms with Crippen LogP contribution in [0.3, 0.4) is 0 Å². The zero-order valence-electron chi connectivity index (χ0n) is 16.8. The normalized spacial score (nSPS) is 16.4. The van der Waals surface area contributed by atoms with Crippen LogP contribution in [0.15, 0.2) is 29.2 Å². The van der Waals surface area contributed by atoms with Crippen LogP contribution in [-0.4, -0.2) is 38.8 Å². The Bertz CT molecular complexity index is 926. The van der Waals surface area contributed by atoms with E-state index in [1.807, 2.05) is 6.92 Å². The van der Waals surface area contributed by atoms with Crippen molar-refractivity contribution in [1.29, 1.82) is 0 Å². The topological polar surface area (TPSA) is 102 Å². The molecule has 2 aromatic rings. The van der Waals surface area contributed by atoms with Crippen LogP contribution in [0.2, 0.25) is 5.02 Å². The Morgan fingerprint density at radius 3 is 2.62 bits per heavy atom. The summed E-state index contributed by atoms with van der Waals surface area (Å²) in [7, 11) is 0. The first-order valence-electron chi connectivity index (χ1n) is 10.1. The van der Waals surface area contributed by atoms with Gasteiger partial charge in [-0.15, -0.1) is 0 Å². The van der Waals surface area contributed by atoms with Crippen molar-refractivity contribution in [2.75, 3.05) is 13.1 Å². The highest BCUT2D eigenvalue weighted by molar-refractivity contribution is 6.33. The van der Waals surface area contributed by atoms with Crippen LogP contribution >= 0.6 is 11.6 Å². The van der Waals surface area contributed by atoms with Gasteiger partial charge in [0.25, 0.3) is 5.91 Å². The molecule has 0 saturated heterocycles. The van der Waals surface area contributed by atoms with Crippen LogP contribution in [-0.2, 0) is 6.54 Å². The second-order valence-corrected chi connectivity index (χ2v) is 8.26. The summed E-state index contributed by atoms with van der Waals surface area (Å²) in [6.07, 6.45) is 7.24. The Morgan fingerprint density at radius 1 is 1.28 bits per heavy atom. The lowest BCUT2D eigenvalue weighted by molar-refractivity contribution is 0.0246. The monoisotopic (exact) mass is 420 g/mol. The molecule has 8 heteroatoms. The Kier molecular flexibility index (Phi) is 6.82. The van der Waals surface area contributed by atoms with E-state index >= 15 is 0 Å². The van der Waals surface area contributed by atoms with Gasteiger partial charge in [0.05, 0.1) is 21.9 Å². The van der Waals surface area contributed by atoms with Crippen molar-refractivity contribution in [1.82, 2.24) is 14.5 Å². The number of hydrogen-bond acceptors (Lipinski definition) is 4. The molecule has 3 rings (SSSR count). The van der Waals surface area contributed by atoms with Gasteiger partial charge in [0.1, 0.15) is 0 Å². The quantitative estimate of drug-likeness (QED) is 0.624. The second kappa shape index (κ2) is 9.15. The number of aromatic nitrogens is 2. The van der Waals surface area contributed by atoms with Gasteiger partial charge in [-0.3, -0.25) is 13.9 Å². The van der Waals surface area contributed by atoms with Crippen LogP contribution < -0.4 is 16.7 Å². The SMILES string of the molecule is Cc1cn(-c2ccc(Cl)c(C(=O)NCC3(O)CCCCCC3)c2)c(=O)n1CCN. The number of nitrogens with two attached hydrogens (primary N) is 1. The molecule has 0 aliphatic heterocycles. The number of nitrogens with zero attached hydrogens (tertiary/aromatic N) is 2. The third-order valence-corrected chi connectivity index (χ3v) is 5.95. The van der Waals surface area contributed by atoms with Gasteiger partial charge >= 0.3 is 5.69 Å². The number of rotatable bonds is 6. The molecule has 1 aromatic carbocycles. The number of benzene rings is 1. The van der Waals surface area contributed by atoms with Crippen molar-refractivity contribution in [2.45, 2.75) is 57.6 Å². The summed E-state index contributed by atoms with van der Waals surface area (Å²) in [4.78, 5) is 25.4. The van der Waals surface area contributed by atoms with Crippen molar-refractivity contribution in [2.24, 2.45) is 5.73 Å². The Balaban J connectivity index is 1.81. The average Bonchev–Trinajstić information content (AvgIpc) is 2.86. The van der Waals surface area contributed by atoms with E-state index in [1.165, 1.54) is 4.57 Å². The lowest BCUT2D eigenvalue weighted by Crippen LogP contribution is -2.42. The fourth-order valence-corrected chi connectivity index (χ4v) is 4.12. The van der Waals surface area contributed by atoms with Crippen LogP contribution in [0.1, 0.15) is 54.6 Å². The molecule has 0 spiro atoms. The average molecular weight is 421 g/mol. The number of aliphatic hydroxyl groups is 1. The Morgan fingerprint density at radius 2 is 1.97 bits per heavy atom. The molecule has 0 unspecified atom stereocenters. The fourth-order valence-electron chi connectivity index (χ4n) is 3.92. The highest BCUT2D eigenvalue weighted by atomic mass is 35.5. The summed E-state index contributed by atoms with van der Waals surface area (Å²) in [6, 6.07) is 4.90. The van der Waals surface area contributed by atoms with Crippen molar-refractivity contribution in [3.05, 3.63) is 51.2 Å². The summed E-state index contributed by atoms with van der Waals surface area (Å²) in [6.45, 7) is 2.82. The highest BCUT2D eigenvalue weighted by Crippen LogP contribution is 2.27. The van der Waals surface area contributed by atoms with E-state index < -0.39 is 5.60 Å². The smallest absolute Gasteiger partial charge is 0.332 e. The van der Waals surface area contributed by atoms with Gasteiger partial charge in [-0.1, -0.05) is 37.3 Å². The van der Waals surface area contributed by atoms with Crippen molar-refractivity contribution < 1.29 is 9.90 Å². The minimum absolute atomic E-state index is 0.193. The summed E-state index contributed by atoms with van der Waals surface area (Å²) >= 11 is 6.25. The molecular weight excluding hydrogens is 392 g/mol. The third kappa shape index (κ3) is 4.91. The number of amides is 1. The van der Waals surface area contributed by atoms with Gasteiger partial charge in [-0.05, 0) is 38.0 Å². The molecule has 0 atom stereocenters. The number of carbonyl (C=O) groups is 1. The maximum atomic E-state index is 12.8. The number of nitrogens with one attached hydrogen (secondary N) is 1.